The van der Waals surface area contributed by atoms with Gasteiger partial charge in [-0.25, -0.2) is 0 Å². The Kier molecular flexibility index (Phi) is 14.7. The van der Waals surface area contributed by atoms with Crippen LogP contribution in [0.2, 0.25) is 0 Å². The molecule has 8 aliphatic rings. The number of carboxylic acids is 1. The van der Waals surface area contributed by atoms with Gasteiger partial charge >= 0.3 is 11.9 Å². The van der Waals surface area contributed by atoms with Crippen LogP contribution in [-0.2, 0) is 42.7 Å². The molecule has 0 aromatic carbocycles. The van der Waals surface area contributed by atoms with E-state index in [1.54, 1.807) is 0 Å². The van der Waals surface area contributed by atoms with Crippen LogP contribution < -0.4 is 0 Å². The molecule has 0 aromatic heterocycles. The number of carboxylic acid groups (broad SMARTS) is 1. The van der Waals surface area contributed by atoms with Gasteiger partial charge < -0.3 is 94.4 Å². The fourth-order valence-corrected chi connectivity index (χ4v) is 16.2. The molecule has 25 unspecified atom stereocenters. The number of hydrogen-bond acceptors (Lipinski definition) is 20. The van der Waals surface area contributed by atoms with Crippen molar-refractivity contribution in [1.82, 2.24) is 0 Å². The van der Waals surface area contributed by atoms with Crippen LogP contribution in [0.4, 0.5) is 0 Å². The van der Waals surface area contributed by atoms with Crippen LogP contribution in [0, 0.1) is 50.2 Å². The minimum Gasteiger partial charge on any atom is -0.481 e. The van der Waals surface area contributed by atoms with Crippen molar-refractivity contribution in [2.24, 2.45) is 50.2 Å². The summed E-state index contributed by atoms with van der Waals surface area (Å²) >= 11 is 0. The molecule has 8 fully saturated rings. The highest BCUT2D eigenvalue weighted by Gasteiger charge is 2.81. The number of aliphatic hydroxyl groups excluding tert-OH is 10. The molecule has 0 aromatic rings. The molecule has 5 saturated carbocycles. The standard InChI is InChI=1S/C49H80O21/c1-21(52)65-30-17-47(8)46(7)13-9-25-44(4,5)28(68-41-38(31(54)22(53)20-64-41)70-40-37(60)35(58)33(56)24(19-51)67-40)11-12-45(25,6)26(46)10-14-48(47,63)27-15-43(2,3)16-29(49(27,30)42(61)62)69-39-36(59)34(57)32(55)23(18-50)66-39/h22-41,50-51,53-60,63H,9-20H2,1-8H3,(H,61,62). The van der Waals surface area contributed by atoms with E-state index in [0.717, 1.165) is 0 Å². The van der Waals surface area contributed by atoms with Gasteiger partial charge in [0.15, 0.2) is 18.9 Å². The van der Waals surface area contributed by atoms with Gasteiger partial charge in [0, 0.05) is 18.3 Å². The topological polar surface area (TPSA) is 342 Å². The van der Waals surface area contributed by atoms with E-state index in [1.165, 1.54) is 6.92 Å². The molecule has 8 rings (SSSR count). The Hall–Kier alpha value is -1.74. The lowest BCUT2D eigenvalue weighted by molar-refractivity contribution is -0.373. The van der Waals surface area contributed by atoms with Gasteiger partial charge in [-0.1, -0.05) is 48.5 Å². The van der Waals surface area contributed by atoms with Gasteiger partial charge in [-0.2, -0.15) is 0 Å². The van der Waals surface area contributed by atoms with E-state index >= 15 is 0 Å². The number of rotatable bonds is 10. The van der Waals surface area contributed by atoms with Gasteiger partial charge in [-0.3, -0.25) is 9.59 Å². The lowest BCUT2D eigenvalue weighted by atomic mass is 9.29. The lowest BCUT2D eigenvalue weighted by Gasteiger charge is -2.76. The van der Waals surface area contributed by atoms with Crippen molar-refractivity contribution < 1.29 is 104 Å². The fourth-order valence-electron chi connectivity index (χ4n) is 16.2. The molecule has 402 valence electrons. The van der Waals surface area contributed by atoms with E-state index in [1.807, 2.05) is 20.8 Å². The molecular weight excluding hydrogens is 925 g/mol. The minimum absolute atomic E-state index is 0.00596. The summed E-state index contributed by atoms with van der Waals surface area (Å²) in [6.45, 7) is 14.0. The molecule has 0 amide bonds. The second-order valence-corrected chi connectivity index (χ2v) is 24.4. The lowest BCUT2D eigenvalue weighted by Crippen LogP contribution is -2.80. The van der Waals surface area contributed by atoms with Crippen LogP contribution in [0.15, 0.2) is 0 Å². The maximum absolute atomic E-state index is 14.4. The molecule has 21 nitrogen and oxygen atoms in total. The summed E-state index contributed by atoms with van der Waals surface area (Å²) in [5.74, 6) is -3.19. The average molecular weight is 1010 g/mol. The number of aliphatic hydroxyl groups is 11. The smallest absolute Gasteiger partial charge is 0.316 e. The first-order chi connectivity index (χ1) is 32.5. The molecule has 3 saturated heterocycles. The second kappa shape index (κ2) is 18.8. The first-order valence-corrected chi connectivity index (χ1v) is 25.2. The highest BCUT2D eigenvalue weighted by Crippen LogP contribution is 2.78. The second-order valence-electron chi connectivity index (χ2n) is 24.4. The number of carbonyl (C=O) groups excluding carboxylic acids is 1. The number of hydrogen-bond donors (Lipinski definition) is 12. The van der Waals surface area contributed by atoms with E-state index in [0.29, 0.717) is 32.1 Å². The van der Waals surface area contributed by atoms with Crippen LogP contribution in [0.25, 0.3) is 0 Å². The molecule has 3 heterocycles. The summed E-state index contributed by atoms with van der Waals surface area (Å²) in [6, 6.07) is 0. The van der Waals surface area contributed by atoms with E-state index < -0.39 is 168 Å². The molecule has 3 aliphatic heterocycles. The Morgan fingerprint density at radius 1 is 0.600 bits per heavy atom. The summed E-state index contributed by atoms with van der Waals surface area (Å²) in [7, 11) is 0. The Balaban J connectivity index is 1.09. The summed E-state index contributed by atoms with van der Waals surface area (Å²) in [6.07, 6.45) is -22.0. The van der Waals surface area contributed by atoms with Crippen LogP contribution in [-0.4, -0.2) is 203 Å². The van der Waals surface area contributed by atoms with Crippen LogP contribution in [0.3, 0.4) is 0 Å². The van der Waals surface area contributed by atoms with Crippen molar-refractivity contribution in [1.29, 1.82) is 0 Å². The highest BCUT2D eigenvalue weighted by molar-refractivity contribution is 5.79. The number of esters is 1. The maximum atomic E-state index is 14.4. The molecule has 0 radical (unpaired) electrons. The summed E-state index contributed by atoms with van der Waals surface area (Å²) < 4.78 is 42.7. The number of aliphatic carboxylic acids is 1. The van der Waals surface area contributed by atoms with Gasteiger partial charge in [0.2, 0.25) is 0 Å². The SMILES string of the molecule is CC(=O)OC1CC2(C)C3(C)CCC4C(C)(C)C(OC5OCC(O)C(O)C5OC5OC(CO)C(O)C(O)C5O)CCC4(C)C3CCC2(O)C2CC(C)(C)CC(OC3OC(CO)C(O)C(O)C3O)C12C(=O)O. The normalized spacial score (nSPS) is 54.2. The minimum atomic E-state index is -2.08. The van der Waals surface area contributed by atoms with Crippen molar-refractivity contribution in [3.8, 4) is 0 Å². The van der Waals surface area contributed by atoms with Crippen molar-refractivity contribution in [3.63, 3.8) is 0 Å². The van der Waals surface area contributed by atoms with Crippen molar-refractivity contribution in [2.45, 2.75) is 223 Å². The zero-order chi connectivity index (χ0) is 51.6. The van der Waals surface area contributed by atoms with Gasteiger partial charge in [0.1, 0.15) is 78.7 Å². The highest BCUT2D eigenvalue weighted by atomic mass is 16.8. The number of ether oxygens (including phenoxy) is 7. The molecule has 12 N–H and O–H groups in total. The van der Waals surface area contributed by atoms with E-state index in [-0.39, 0.29) is 49.5 Å². The van der Waals surface area contributed by atoms with Crippen molar-refractivity contribution in [3.05, 3.63) is 0 Å². The van der Waals surface area contributed by atoms with Crippen molar-refractivity contribution >= 4 is 11.9 Å². The third-order valence-corrected chi connectivity index (χ3v) is 20.0. The Morgan fingerprint density at radius 2 is 1.16 bits per heavy atom. The average Bonchev–Trinajstić information content (AvgIpc) is 3.27. The third kappa shape index (κ3) is 8.13. The monoisotopic (exact) mass is 1000 g/mol. The Labute approximate surface area is 408 Å². The van der Waals surface area contributed by atoms with Gasteiger partial charge in [0.05, 0.1) is 37.6 Å². The fraction of sp³-hybridized carbons (Fsp3) is 0.959. The van der Waals surface area contributed by atoms with Gasteiger partial charge in [0.25, 0.3) is 0 Å². The summed E-state index contributed by atoms with van der Waals surface area (Å²) in [5, 5.41) is 131. The number of fused-ring (bicyclic) bond motifs is 7. The van der Waals surface area contributed by atoms with Gasteiger partial charge in [-0.15, -0.1) is 0 Å². The molecule has 21 heteroatoms. The van der Waals surface area contributed by atoms with Crippen LogP contribution in [0.1, 0.15) is 113 Å². The maximum Gasteiger partial charge on any atom is 0.316 e. The molecule has 70 heavy (non-hydrogen) atoms. The third-order valence-electron chi connectivity index (χ3n) is 20.0. The van der Waals surface area contributed by atoms with E-state index in [2.05, 4.69) is 27.7 Å². The zero-order valence-corrected chi connectivity index (χ0v) is 41.6. The predicted molar refractivity (Wildman–Crippen MR) is 238 cm³/mol. The first kappa shape index (κ1) is 54.5. The molecule has 0 bridgehead atoms. The molecule has 5 aliphatic carbocycles. The first-order valence-electron chi connectivity index (χ1n) is 25.2. The largest absolute Gasteiger partial charge is 0.481 e. The van der Waals surface area contributed by atoms with Crippen molar-refractivity contribution in [2.75, 3.05) is 19.8 Å². The Bertz CT molecular complexity index is 1920. The summed E-state index contributed by atoms with van der Waals surface area (Å²) in [4.78, 5) is 27.6. The molecule has 0 spiro atoms. The molecular formula is C49H80O21. The number of carbonyl (C=O) groups is 2. The molecule has 25 atom stereocenters. The van der Waals surface area contributed by atoms with E-state index in [9.17, 15) is 70.9 Å². The quantitative estimate of drug-likeness (QED) is 0.0927. The summed E-state index contributed by atoms with van der Waals surface area (Å²) in [5.41, 5.74) is -7.10. The van der Waals surface area contributed by atoms with Crippen LogP contribution in [0.5, 0.6) is 0 Å². The van der Waals surface area contributed by atoms with Crippen LogP contribution >= 0.6 is 0 Å². The van der Waals surface area contributed by atoms with E-state index in [4.69, 9.17) is 33.2 Å². The van der Waals surface area contributed by atoms with Gasteiger partial charge in [-0.05, 0) is 91.3 Å². The predicted octanol–water partition coefficient (Wildman–Crippen LogP) is -0.947. The Morgan fingerprint density at radius 3 is 1.71 bits per heavy atom. The zero-order valence-electron chi connectivity index (χ0n) is 41.6.